The maximum absolute atomic E-state index is 14.1. The zero-order valence-corrected chi connectivity index (χ0v) is 37.3. The van der Waals surface area contributed by atoms with Gasteiger partial charge in [-0.25, -0.2) is 22.8 Å². The van der Waals surface area contributed by atoms with Crippen molar-refractivity contribution in [3.8, 4) is 0 Å². The van der Waals surface area contributed by atoms with E-state index in [2.05, 4.69) is 10.6 Å². The number of unbranched alkanes of at least 4 members (excludes halogenated alkanes) is 1. The van der Waals surface area contributed by atoms with Gasteiger partial charge >= 0.3 is 65.1 Å². The van der Waals surface area contributed by atoms with Gasteiger partial charge < -0.3 is 50.1 Å². The molecule has 0 radical (unpaired) electrons. The summed E-state index contributed by atoms with van der Waals surface area (Å²) in [4.78, 5) is 46.3. The highest BCUT2D eigenvalue weighted by atomic mass is 32.2. The van der Waals surface area contributed by atoms with Crippen molar-refractivity contribution >= 4 is 34.0 Å². The number of halogens is 17. The number of sulfonamides is 1. The van der Waals surface area contributed by atoms with Crippen LogP contribution in [-0.2, 0) is 49.9 Å². The van der Waals surface area contributed by atoms with Crippen molar-refractivity contribution in [1.29, 1.82) is 0 Å². The second-order valence-electron chi connectivity index (χ2n) is 14.4. The molecule has 1 aromatic carbocycles. The smallest absolute Gasteiger partial charge is 0.460 e. The van der Waals surface area contributed by atoms with Crippen LogP contribution in [0.3, 0.4) is 0 Å². The van der Waals surface area contributed by atoms with Crippen LogP contribution < -0.4 is 16.4 Å². The Morgan fingerprint density at radius 3 is 1.61 bits per heavy atom. The number of carbonyl (C=O) groups excluding carboxylic acids is 3. The molecule has 71 heavy (non-hydrogen) atoms. The van der Waals surface area contributed by atoms with E-state index in [4.69, 9.17) is 29.4 Å². The average Bonchev–Trinajstić information content (AvgIpc) is 3.28. The largest absolute Gasteiger partial charge is 0.480 e. The molecule has 1 atom stereocenters. The quantitative estimate of drug-likeness (QED) is 0.0618. The molecule has 1 aromatic rings. The molecule has 4 amide bonds. The number of aliphatic carboxylic acids is 1. The molecule has 35 heteroatoms. The maximum atomic E-state index is 14.1. The number of rotatable bonds is 28. The number of primary amides is 1. The van der Waals surface area contributed by atoms with Gasteiger partial charge in [0.1, 0.15) is 19.3 Å². The van der Waals surface area contributed by atoms with Crippen LogP contribution in [0.15, 0.2) is 30.3 Å². The van der Waals surface area contributed by atoms with Gasteiger partial charge in [-0.3, -0.25) is 4.79 Å². The first-order valence-electron chi connectivity index (χ1n) is 19.9. The number of methoxy groups -OCH3 is 1. The molecule has 1 aliphatic heterocycles. The zero-order valence-electron chi connectivity index (χ0n) is 36.5. The minimum absolute atomic E-state index is 0.178. The minimum atomic E-state index is -8.88. The van der Waals surface area contributed by atoms with Crippen molar-refractivity contribution in [2.24, 2.45) is 5.73 Å². The number of alkyl halides is 17. The fourth-order valence-corrected chi connectivity index (χ4v) is 6.72. The lowest BCUT2D eigenvalue weighted by atomic mass is 9.91. The second-order valence-corrected chi connectivity index (χ2v) is 16.4. The summed E-state index contributed by atoms with van der Waals surface area (Å²) in [5.41, 5.74) is 5.61. The molecule has 0 spiro atoms. The predicted octanol–water partition coefficient (Wildman–Crippen LogP) is 5.33. The summed E-state index contributed by atoms with van der Waals surface area (Å²) in [6.45, 7) is -2.31. The maximum Gasteiger partial charge on any atom is 0.460 e. The summed E-state index contributed by atoms with van der Waals surface area (Å²) in [5.74, 6) is -53.5. The summed E-state index contributed by atoms with van der Waals surface area (Å²) < 4.78 is 274. The third-order valence-electron chi connectivity index (χ3n) is 9.35. The first-order chi connectivity index (χ1) is 32.4. The number of carboxylic acids is 1. The summed E-state index contributed by atoms with van der Waals surface area (Å²) in [6.07, 6.45) is -7.16. The fourth-order valence-electron chi connectivity index (χ4n) is 5.30. The third kappa shape index (κ3) is 15.9. The highest BCUT2D eigenvalue weighted by Crippen LogP contribution is 2.64. The number of hydrogen-bond donors (Lipinski definition) is 4. The molecular weight excluding hydrogens is 1050 g/mol. The Hall–Kier alpha value is -4.74. The number of hydrogen-bond acceptors (Lipinski definition) is 11. The standard InChI is InChI=1S/C23H36N2O9.C13H10F17N3O3S/c1-30-11-12-31-13-14-32-15-16-33-18-21(26)25-20(22(27)28)9-5-6-10-24-23(29)34-17-19-7-3-2-4-8-19;14-6(15,8(18,19)10(22,23)12(26,27)28)7(16,17)9(20,21)11(24,25)13(29,30)37(35,36)33-3-1-32(2-4-33)5(31)34/h2-4,7-8,20H,5-6,9-18H2,1H3,(H,24,29)(H,25,26)(H,27,28);1-4H2,(H2,31,34)/t20-;/m0./s1. The van der Waals surface area contributed by atoms with Crippen LogP contribution in [0.5, 0.6) is 0 Å². The Kier molecular flexibility index (Phi) is 23.8. The molecule has 1 aliphatic rings. The number of carboxylic acid groups (broad SMARTS) is 1. The fraction of sp³-hybridized carbons (Fsp3) is 0.722. The average molecular weight is 1100 g/mol. The van der Waals surface area contributed by atoms with Crippen molar-refractivity contribution in [3.05, 3.63) is 35.9 Å². The van der Waals surface area contributed by atoms with Gasteiger partial charge in [0.05, 0.1) is 39.6 Å². The lowest BCUT2D eigenvalue weighted by Crippen LogP contribution is -2.75. The van der Waals surface area contributed by atoms with Gasteiger partial charge in [0, 0.05) is 39.8 Å². The second kappa shape index (κ2) is 26.3. The number of nitrogens with two attached hydrogens (primary N) is 1. The topological polar surface area (TPSA) is 225 Å². The van der Waals surface area contributed by atoms with E-state index in [1.54, 1.807) is 7.11 Å². The number of alkyl carbamates (subject to hydrolysis) is 1. The van der Waals surface area contributed by atoms with E-state index in [9.17, 15) is 107 Å². The number of carbonyl (C=O) groups is 4. The van der Waals surface area contributed by atoms with Crippen molar-refractivity contribution < 1.29 is 131 Å². The molecule has 0 unspecified atom stereocenters. The van der Waals surface area contributed by atoms with Gasteiger partial charge in [-0.2, -0.15) is 78.9 Å². The summed E-state index contributed by atoms with van der Waals surface area (Å²) >= 11 is 0. The number of ether oxygens (including phenoxy) is 5. The van der Waals surface area contributed by atoms with Crippen molar-refractivity contribution in [2.45, 2.75) is 78.9 Å². The normalized spacial score (nSPS) is 15.3. The van der Waals surface area contributed by atoms with Crippen LogP contribution in [0.1, 0.15) is 24.8 Å². The van der Waals surface area contributed by atoms with E-state index >= 15 is 0 Å². The molecule has 0 aliphatic carbocycles. The predicted molar refractivity (Wildman–Crippen MR) is 205 cm³/mol. The molecule has 1 heterocycles. The lowest BCUT2D eigenvalue weighted by molar-refractivity contribution is -0.458. The van der Waals surface area contributed by atoms with Gasteiger partial charge in [0.25, 0.3) is 10.0 Å². The minimum Gasteiger partial charge on any atom is -0.480 e. The first-order valence-corrected chi connectivity index (χ1v) is 21.3. The number of piperazine rings is 1. The first kappa shape index (κ1) is 64.3. The number of urea groups is 1. The van der Waals surface area contributed by atoms with E-state index < -0.39 is 118 Å². The van der Waals surface area contributed by atoms with E-state index in [0.29, 0.717) is 57.3 Å². The van der Waals surface area contributed by atoms with Crippen LogP contribution >= 0.6 is 0 Å². The Morgan fingerprint density at radius 2 is 1.14 bits per heavy atom. The Bertz CT molecular complexity index is 1970. The molecule has 2 rings (SSSR count). The Labute approximate surface area is 391 Å². The highest BCUT2D eigenvalue weighted by molar-refractivity contribution is 7.90. The van der Waals surface area contributed by atoms with Crippen LogP contribution in [0.25, 0.3) is 0 Å². The van der Waals surface area contributed by atoms with Gasteiger partial charge in [-0.15, -0.1) is 0 Å². The summed E-state index contributed by atoms with van der Waals surface area (Å²) in [7, 11) is -5.75. The molecular formula is C36H46F17N5O12S. The number of benzene rings is 1. The molecule has 1 fully saturated rings. The number of amides is 4. The Balaban J connectivity index is 0.000000713. The third-order valence-corrected chi connectivity index (χ3v) is 11.3. The summed E-state index contributed by atoms with van der Waals surface area (Å²) in [5, 5.41) is 6.75. The van der Waals surface area contributed by atoms with Gasteiger partial charge in [0.15, 0.2) is 0 Å². The lowest BCUT2D eigenvalue weighted by Gasteiger charge is -2.43. The molecule has 0 bridgehead atoms. The zero-order chi connectivity index (χ0) is 54.9. The van der Waals surface area contributed by atoms with Crippen molar-refractivity contribution in [1.82, 2.24) is 19.8 Å². The summed E-state index contributed by atoms with van der Waals surface area (Å²) in [6, 6.07) is 6.94. The van der Waals surface area contributed by atoms with Crippen molar-refractivity contribution in [3.63, 3.8) is 0 Å². The van der Waals surface area contributed by atoms with E-state index in [1.165, 1.54) is 0 Å². The molecule has 412 valence electrons. The SMILES string of the molecule is COCCOCCOCCOCC(=O)N[C@@H](CCCCNC(=O)OCc1ccccc1)C(=O)O.NC(=O)N1CCN(S(=O)(=O)C(F)(F)C(F)(F)C(F)(F)C(F)(F)C(F)(F)C(F)(F)C(F)(F)C(F)(F)F)CC1. The van der Waals surface area contributed by atoms with Gasteiger partial charge in [-0.05, 0) is 24.8 Å². The van der Waals surface area contributed by atoms with E-state index in [0.717, 1.165) is 5.56 Å². The molecule has 5 N–H and O–H groups in total. The van der Waals surface area contributed by atoms with Crippen LogP contribution in [-0.4, -0.2) is 186 Å². The molecule has 0 saturated carbocycles. The molecule has 17 nitrogen and oxygen atoms in total. The molecule has 1 saturated heterocycles. The highest BCUT2D eigenvalue weighted by Gasteiger charge is 2.96. The van der Waals surface area contributed by atoms with Crippen LogP contribution in [0, 0.1) is 0 Å². The van der Waals surface area contributed by atoms with E-state index in [1.807, 2.05) is 30.3 Å². The Morgan fingerprint density at radius 1 is 0.676 bits per heavy atom. The number of nitrogens with zero attached hydrogens (tertiary/aromatic N) is 2. The molecule has 0 aromatic heterocycles. The van der Waals surface area contributed by atoms with Crippen molar-refractivity contribution in [2.75, 3.05) is 86.1 Å². The van der Waals surface area contributed by atoms with Gasteiger partial charge in [0.2, 0.25) is 5.91 Å². The van der Waals surface area contributed by atoms with E-state index in [-0.39, 0.29) is 26.2 Å². The van der Waals surface area contributed by atoms with Gasteiger partial charge in [-0.1, -0.05) is 30.3 Å². The van der Waals surface area contributed by atoms with Crippen LogP contribution in [0.4, 0.5) is 84.2 Å². The number of nitrogens with one attached hydrogen (secondary N) is 2. The van der Waals surface area contributed by atoms with Crippen LogP contribution in [0.2, 0.25) is 0 Å². The monoisotopic (exact) mass is 1100 g/mol.